The Bertz CT molecular complexity index is 548. The van der Waals surface area contributed by atoms with E-state index in [2.05, 4.69) is 43.4 Å². The topological polar surface area (TPSA) is 52.5 Å². The molecule has 0 spiro atoms. The van der Waals surface area contributed by atoms with Crippen LogP contribution >= 0.6 is 0 Å². The predicted molar refractivity (Wildman–Crippen MR) is 85.3 cm³/mol. The quantitative estimate of drug-likeness (QED) is 0.761. The molecule has 0 amide bonds. The van der Waals surface area contributed by atoms with E-state index in [0.717, 1.165) is 12.0 Å². The molecule has 0 aromatic heterocycles. The van der Waals surface area contributed by atoms with Gasteiger partial charge in [0, 0.05) is 12.6 Å². The summed E-state index contributed by atoms with van der Waals surface area (Å²) in [6.45, 7) is 4.69. The number of aliphatic hydroxyl groups is 1. The van der Waals surface area contributed by atoms with Crippen molar-refractivity contribution in [2.75, 3.05) is 6.54 Å². The average molecular weight is 285 g/mol. The van der Waals surface area contributed by atoms with Crippen molar-refractivity contribution in [2.45, 2.75) is 32.4 Å². The zero-order chi connectivity index (χ0) is 15.2. The third-order valence-electron chi connectivity index (χ3n) is 3.72. The van der Waals surface area contributed by atoms with E-state index in [9.17, 15) is 10.2 Å². The van der Waals surface area contributed by atoms with E-state index < -0.39 is 6.10 Å². The van der Waals surface area contributed by atoms with Gasteiger partial charge in [-0.3, -0.25) is 0 Å². The first-order chi connectivity index (χ1) is 10.1. The van der Waals surface area contributed by atoms with Crippen molar-refractivity contribution < 1.29 is 10.2 Å². The van der Waals surface area contributed by atoms with Crippen LogP contribution in [-0.4, -0.2) is 16.8 Å². The maximum atomic E-state index is 10.2. The molecule has 0 heterocycles. The zero-order valence-corrected chi connectivity index (χ0v) is 12.6. The summed E-state index contributed by atoms with van der Waals surface area (Å²) in [6, 6.07) is 15.4. The van der Waals surface area contributed by atoms with Crippen LogP contribution in [0.4, 0.5) is 0 Å². The van der Waals surface area contributed by atoms with Crippen LogP contribution in [0.3, 0.4) is 0 Å². The molecule has 0 radical (unpaired) electrons. The molecular formula is C18H23NO2. The van der Waals surface area contributed by atoms with Gasteiger partial charge in [0.2, 0.25) is 0 Å². The highest BCUT2D eigenvalue weighted by Gasteiger charge is 2.12. The first-order valence-electron chi connectivity index (χ1n) is 7.37. The van der Waals surface area contributed by atoms with Gasteiger partial charge >= 0.3 is 0 Å². The molecule has 3 nitrogen and oxygen atoms in total. The van der Waals surface area contributed by atoms with Crippen LogP contribution in [0.15, 0.2) is 48.5 Å². The van der Waals surface area contributed by atoms with Crippen LogP contribution < -0.4 is 5.32 Å². The van der Waals surface area contributed by atoms with Crippen molar-refractivity contribution in [1.82, 2.24) is 5.32 Å². The Kier molecular flexibility index (Phi) is 5.37. The number of phenols is 1. The van der Waals surface area contributed by atoms with Gasteiger partial charge in [-0.2, -0.15) is 0 Å². The van der Waals surface area contributed by atoms with Crippen LogP contribution in [-0.2, 0) is 0 Å². The highest BCUT2D eigenvalue weighted by atomic mass is 16.3. The number of phenolic OH excluding ortho intramolecular Hbond substituents is 1. The van der Waals surface area contributed by atoms with Gasteiger partial charge in [-0.05, 0) is 36.6 Å². The molecule has 2 rings (SSSR count). The summed E-state index contributed by atoms with van der Waals surface area (Å²) >= 11 is 0. The van der Waals surface area contributed by atoms with Gasteiger partial charge < -0.3 is 15.5 Å². The van der Waals surface area contributed by atoms with Crippen LogP contribution in [0.1, 0.15) is 42.2 Å². The molecule has 2 atom stereocenters. The minimum absolute atomic E-state index is 0.213. The smallest absolute Gasteiger partial charge is 0.115 e. The molecule has 0 aliphatic carbocycles. The molecule has 0 aliphatic heterocycles. The number of aryl methyl sites for hydroxylation is 1. The third kappa shape index (κ3) is 4.31. The van der Waals surface area contributed by atoms with Crippen LogP contribution in [0.25, 0.3) is 0 Å². The number of nitrogens with one attached hydrogen (secondary N) is 1. The summed E-state index contributed by atoms with van der Waals surface area (Å²) in [5.74, 6) is 0.213. The van der Waals surface area contributed by atoms with E-state index in [0.29, 0.717) is 6.54 Å². The first kappa shape index (κ1) is 15.5. The lowest BCUT2D eigenvalue weighted by atomic mass is 10.0. The number of hydrogen-bond acceptors (Lipinski definition) is 3. The summed E-state index contributed by atoms with van der Waals surface area (Å²) in [6.07, 6.45) is 0.385. The van der Waals surface area contributed by atoms with Gasteiger partial charge in [0.15, 0.2) is 0 Å². The van der Waals surface area contributed by atoms with Gasteiger partial charge in [0.05, 0.1) is 6.10 Å². The Labute approximate surface area is 126 Å². The molecule has 2 aromatic carbocycles. The molecule has 0 bridgehead atoms. The second-order valence-corrected chi connectivity index (χ2v) is 5.39. The Balaban J connectivity index is 1.96. The lowest BCUT2D eigenvalue weighted by Crippen LogP contribution is -2.26. The van der Waals surface area contributed by atoms with E-state index >= 15 is 0 Å². The molecule has 0 saturated carbocycles. The fourth-order valence-electron chi connectivity index (χ4n) is 2.36. The molecule has 2 unspecified atom stereocenters. The summed E-state index contributed by atoms with van der Waals surface area (Å²) in [7, 11) is 0. The Morgan fingerprint density at radius 1 is 0.952 bits per heavy atom. The van der Waals surface area contributed by atoms with E-state index in [1.165, 1.54) is 11.1 Å². The normalized spacial score (nSPS) is 13.9. The summed E-state index contributed by atoms with van der Waals surface area (Å²) in [5, 5.41) is 22.9. The summed E-state index contributed by atoms with van der Waals surface area (Å²) in [5.41, 5.74) is 3.29. The second-order valence-electron chi connectivity index (χ2n) is 5.39. The molecule has 3 N–H and O–H groups in total. The number of aliphatic hydroxyl groups excluding tert-OH is 1. The van der Waals surface area contributed by atoms with E-state index in [1.807, 2.05) is 0 Å². The van der Waals surface area contributed by atoms with E-state index in [-0.39, 0.29) is 11.8 Å². The summed E-state index contributed by atoms with van der Waals surface area (Å²) in [4.78, 5) is 0. The fourth-order valence-corrected chi connectivity index (χ4v) is 2.36. The zero-order valence-electron chi connectivity index (χ0n) is 12.6. The molecular weight excluding hydrogens is 262 g/mol. The van der Waals surface area contributed by atoms with Crippen LogP contribution in [0.2, 0.25) is 0 Å². The number of hydrogen-bond donors (Lipinski definition) is 3. The SMILES string of the molecule is CCC(NCC(O)c1ccc(O)cc1)c1ccc(C)cc1. The van der Waals surface area contributed by atoms with Crippen molar-refractivity contribution in [1.29, 1.82) is 0 Å². The minimum Gasteiger partial charge on any atom is -0.508 e. The van der Waals surface area contributed by atoms with Gasteiger partial charge in [0.1, 0.15) is 5.75 Å². The highest BCUT2D eigenvalue weighted by molar-refractivity contribution is 5.28. The first-order valence-corrected chi connectivity index (χ1v) is 7.37. The predicted octanol–water partition coefficient (Wildman–Crippen LogP) is 3.47. The molecule has 112 valence electrons. The molecule has 3 heteroatoms. The van der Waals surface area contributed by atoms with Crippen molar-refractivity contribution in [3.05, 3.63) is 65.2 Å². The second kappa shape index (κ2) is 7.25. The van der Waals surface area contributed by atoms with Crippen LogP contribution in [0.5, 0.6) is 5.75 Å². The van der Waals surface area contributed by atoms with Gasteiger partial charge in [-0.1, -0.05) is 48.9 Å². The fraction of sp³-hybridized carbons (Fsp3) is 0.333. The maximum absolute atomic E-state index is 10.2. The average Bonchev–Trinajstić information content (AvgIpc) is 2.50. The van der Waals surface area contributed by atoms with Gasteiger partial charge in [-0.15, -0.1) is 0 Å². The highest BCUT2D eigenvalue weighted by Crippen LogP contribution is 2.20. The van der Waals surface area contributed by atoms with Crippen molar-refractivity contribution in [3.63, 3.8) is 0 Å². The van der Waals surface area contributed by atoms with Crippen molar-refractivity contribution in [3.8, 4) is 5.75 Å². The number of benzene rings is 2. The van der Waals surface area contributed by atoms with Gasteiger partial charge in [-0.25, -0.2) is 0 Å². The van der Waals surface area contributed by atoms with Crippen molar-refractivity contribution >= 4 is 0 Å². The standard InChI is InChI=1S/C18H23NO2/c1-3-17(14-6-4-13(2)5-7-14)19-12-18(21)15-8-10-16(20)11-9-15/h4-11,17-21H,3,12H2,1-2H3. The Morgan fingerprint density at radius 2 is 1.52 bits per heavy atom. The van der Waals surface area contributed by atoms with Crippen molar-refractivity contribution in [2.24, 2.45) is 0 Å². The maximum Gasteiger partial charge on any atom is 0.115 e. The molecule has 0 saturated heterocycles. The Morgan fingerprint density at radius 3 is 2.10 bits per heavy atom. The van der Waals surface area contributed by atoms with Gasteiger partial charge in [0.25, 0.3) is 0 Å². The number of rotatable bonds is 6. The van der Waals surface area contributed by atoms with E-state index in [1.54, 1.807) is 24.3 Å². The number of aromatic hydroxyl groups is 1. The van der Waals surface area contributed by atoms with Crippen LogP contribution in [0, 0.1) is 6.92 Å². The lowest BCUT2D eigenvalue weighted by Gasteiger charge is -2.20. The largest absolute Gasteiger partial charge is 0.508 e. The molecule has 21 heavy (non-hydrogen) atoms. The monoisotopic (exact) mass is 285 g/mol. The minimum atomic E-state index is -0.579. The Hall–Kier alpha value is -1.84. The lowest BCUT2D eigenvalue weighted by molar-refractivity contribution is 0.169. The van der Waals surface area contributed by atoms with E-state index in [4.69, 9.17) is 0 Å². The summed E-state index contributed by atoms with van der Waals surface area (Å²) < 4.78 is 0. The molecule has 0 fully saturated rings. The molecule has 2 aromatic rings. The molecule has 0 aliphatic rings. The third-order valence-corrected chi connectivity index (χ3v) is 3.72.